The Morgan fingerprint density at radius 2 is 2.20 bits per heavy atom. The van der Waals surface area contributed by atoms with Gasteiger partial charge in [0.25, 0.3) is 0 Å². The maximum atomic E-state index is 13.6. The normalized spacial score (nSPS) is 20.6. The van der Waals surface area contributed by atoms with Gasteiger partial charge in [0.1, 0.15) is 5.82 Å². The van der Waals surface area contributed by atoms with E-state index in [4.69, 9.17) is 14.8 Å². The molecule has 1 atom stereocenters. The second kappa shape index (κ2) is 4.30. The van der Waals surface area contributed by atoms with Gasteiger partial charge in [0.05, 0.1) is 6.61 Å². The van der Waals surface area contributed by atoms with E-state index in [0.29, 0.717) is 18.8 Å². The van der Waals surface area contributed by atoms with E-state index in [9.17, 15) is 4.39 Å². The van der Waals surface area contributed by atoms with Crippen molar-refractivity contribution in [2.45, 2.75) is 12.3 Å². The van der Waals surface area contributed by atoms with Crippen LogP contribution in [0.15, 0.2) is 18.2 Å². The quantitative estimate of drug-likeness (QED) is 0.676. The number of ether oxygens (including phenoxy) is 1. The van der Waals surface area contributed by atoms with Crippen molar-refractivity contribution < 1.29 is 19.2 Å². The van der Waals surface area contributed by atoms with E-state index in [1.54, 1.807) is 6.07 Å². The molecule has 1 unspecified atom stereocenters. The lowest BCUT2D eigenvalue weighted by atomic mass is 9.79. The molecular formula is C10H12BFO3. The molecule has 0 spiro atoms. The van der Waals surface area contributed by atoms with E-state index in [1.807, 2.05) is 0 Å². The fourth-order valence-electron chi connectivity index (χ4n) is 1.81. The van der Waals surface area contributed by atoms with Gasteiger partial charge in [0, 0.05) is 12.5 Å². The maximum absolute atomic E-state index is 13.6. The summed E-state index contributed by atoms with van der Waals surface area (Å²) in [7, 11) is -1.62. The molecule has 80 valence electrons. The van der Waals surface area contributed by atoms with Gasteiger partial charge in [-0.25, -0.2) is 4.39 Å². The highest BCUT2D eigenvalue weighted by atomic mass is 19.1. The summed E-state index contributed by atoms with van der Waals surface area (Å²) in [5, 5.41) is 17.7. The van der Waals surface area contributed by atoms with Crippen LogP contribution in [0.4, 0.5) is 4.39 Å². The highest BCUT2D eigenvalue weighted by molar-refractivity contribution is 6.58. The summed E-state index contributed by atoms with van der Waals surface area (Å²) in [5.74, 6) is -0.300. The average molecular weight is 210 g/mol. The molecule has 1 heterocycles. The fraction of sp³-hybridized carbons (Fsp3) is 0.400. The summed E-state index contributed by atoms with van der Waals surface area (Å²) >= 11 is 0. The van der Waals surface area contributed by atoms with Crippen molar-refractivity contribution in [1.82, 2.24) is 0 Å². The Labute approximate surface area is 87.6 Å². The van der Waals surface area contributed by atoms with E-state index in [0.717, 1.165) is 6.42 Å². The van der Waals surface area contributed by atoms with Crippen LogP contribution in [-0.4, -0.2) is 30.4 Å². The van der Waals surface area contributed by atoms with Crippen LogP contribution >= 0.6 is 0 Å². The van der Waals surface area contributed by atoms with Gasteiger partial charge in [0.2, 0.25) is 0 Å². The van der Waals surface area contributed by atoms with Crippen molar-refractivity contribution in [1.29, 1.82) is 0 Å². The topological polar surface area (TPSA) is 49.7 Å². The van der Waals surface area contributed by atoms with Crippen LogP contribution in [-0.2, 0) is 4.74 Å². The lowest BCUT2D eigenvalue weighted by Gasteiger charge is -2.10. The molecule has 1 fully saturated rings. The number of rotatable bonds is 2. The summed E-state index contributed by atoms with van der Waals surface area (Å²) in [6.07, 6.45) is 0.817. The van der Waals surface area contributed by atoms with Crippen molar-refractivity contribution in [3.63, 3.8) is 0 Å². The summed E-state index contributed by atoms with van der Waals surface area (Å²) in [5.41, 5.74) is 0.770. The largest absolute Gasteiger partial charge is 0.488 e. The molecule has 0 aliphatic carbocycles. The molecule has 1 aromatic rings. The molecule has 0 aromatic heterocycles. The SMILES string of the molecule is OB(O)c1ccc(C2CCOC2)c(F)c1. The lowest BCUT2D eigenvalue weighted by molar-refractivity contribution is 0.193. The van der Waals surface area contributed by atoms with Gasteiger partial charge in [-0.3, -0.25) is 0 Å². The van der Waals surface area contributed by atoms with E-state index >= 15 is 0 Å². The Kier molecular flexibility index (Phi) is 3.04. The van der Waals surface area contributed by atoms with E-state index in [1.165, 1.54) is 12.1 Å². The lowest BCUT2D eigenvalue weighted by Crippen LogP contribution is -2.30. The van der Waals surface area contributed by atoms with Crippen LogP contribution in [0.5, 0.6) is 0 Å². The summed E-state index contributed by atoms with van der Waals surface area (Å²) in [6, 6.07) is 4.29. The Bertz CT molecular complexity index is 351. The summed E-state index contributed by atoms with van der Waals surface area (Å²) in [4.78, 5) is 0. The monoisotopic (exact) mass is 210 g/mol. The third-order valence-corrected chi connectivity index (χ3v) is 2.69. The smallest absolute Gasteiger partial charge is 0.423 e. The first-order valence-electron chi connectivity index (χ1n) is 4.91. The minimum absolute atomic E-state index is 0.0925. The van der Waals surface area contributed by atoms with E-state index in [-0.39, 0.29) is 11.4 Å². The van der Waals surface area contributed by atoms with Crippen molar-refractivity contribution >= 4 is 12.6 Å². The molecule has 15 heavy (non-hydrogen) atoms. The third-order valence-electron chi connectivity index (χ3n) is 2.69. The number of hydrogen-bond donors (Lipinski definition) is 2. The van der Waals surface area contributed by atoms with Gasteiger partial charge in [0.15, 0.2) is 0 Å². The Morgan fingerprint density at radius 1 is 1.40 bits per heavy atom. The van der Waals surface area contributed by atoms with Crippen LogP contribution in [0.1, 0.15) is 17.9 Å². The number of halogens is 1. The van der Waals surface area contributed by atoms with E-state index < -0.39 is 12.9 Å². The molecule has 0 saturated carbocycles. The first-order valence-corrected chi connectivity index (χ1v) is 4.91. The van der Waals surface area contributed by atoms with Gasteiger partial charge in [-0.05, 0) is 23.5 Å². The standard InChI is InChI=1S/C10H12BFO3/c12-10-5-8(11(13)14)1-2-9(10)7-3-4-15-6-7/h1-2,5,7,13-14H,3-4,6H2. The second-order valence-electron chi connectivity index (χ2n) is 3.72. The van der Waals surface area contributed by atoms with Crippen LogP contribution in [0, 0.1) is 5.82 Å². The fourth-order valence-corrected chi connectivity index (χ4v) is 1.81. The highest BCUT2D eigenvalue weighted by Crippen LogP contribution is 2.26. The van der Waals surface area contributed by atoms with Crippen LogP contribution in [0.3, 0.4) is 0 Å². The molecule has 0 amide bonds. The number of benzene rings is 1. The molecule has 2 rings (SSSR count). The summed E-state index contributed by atoms with van der Waals surface area (Å²) in [6.45, 7) is 1.20. The van der Waals surface area contributed by atoms with E-state index in [2.05, 4.69) is 0 Å². The van der Waals surface area contributed by atoms with Crippen LogP contribution < -0.4 is 5.46 Å². The molecular weight excluding hydrogens is 198 g/mol. The molecule has 5 heteroatoms. The van der Waals surface area contributed by atoms with Crippen molar-refractivity contribution in [3.05, 3.63) is 29.6 Å². The van der Waals surface area contributed by atoms with Crippen LogP contribution in [0.2, 0.25) is 0 Å². The zero-order valence-electron chi connectivity index (χ0n) is 8.19. The molecule has 1 aliphatic rings. The molecule has 3 nitrogen and oxygen atoms in total. The zero-order valence-corrected chi connectivity index (χ0v) is 8.19. The summed E-state index contributed by atoms with van der Waals surface area (Å²) < 4.78 is 18.8. The molecule has 0 radical (unpaired) electrons. The average Bonchev–Trinajstić information content (AvgIpc) is 2.70. The van der Waals surface area contributed by atoms with Gasteiger partial charge in [-0.1, -0.05) is 12.1 Å². The van der Waals surface area contributed by atoms with Gasteiger partial charge >= 0.3 is 7.12 Å². The zero-order chi connectivity index (χ0) is 10.8. The minimum Gasteiger partial charge on any atom is -0.423 e. The Balaban J connectivity index is 2.25. The van der Waals surface area contributed by atoms with Gasteiger partial charge in [-0.2, -0.15) is 0 Å². The molecule has 1 aromatic carbocycles. The predicted octanol–water partition coefficient (Wildman–Crippen LogP) is 0.00940. The predicted molar refractivity (Wildman–Crippen MR) is 54.4 cm³/mol. The third kappa shape index (κ3) is 2.20. The molecule has 1 aliphatic heterocycles. The van der Waals surface area contributed by atoms with Crippen molar-refractivity contribution in [3.8, 4) is 0 Å². The molecule has 1 saturated heterocycles. The van der Waals surface area contributed by atoms with Crippen molar-refractivity contribution in [2.24, 2.45) is 0 Å². The Hall–Kier alpha value is -0.905. The van der Waals surface area contributed by atoms with Gasteiger partial charge in [-0.15, -0.1) is 0 Å². The second-order valence-corrected chi connectivity index (χ2v) is 3.72. The number of hydrogen-bond acceptors (Lipinski definition) is 3. The first kappa shape index (κ1) is 10.6. The first-order chi connectivity index (χ1) is 7.18. The molecule has 2 N–H and O–H groups in total. The Morgan fingerprint density at radius 3 is 2.73 bits per heavy atom. The van der Waals surface area contributed by atoms with Crippen LogP contribution in [0.25, 0.3) is 0 Å². The van der Waals surface area contributed by atoms with Crippen molar-refractivity contribution in [2.75, 3.05) is 13.2 Å². The van der Waals surface area contributed by atoms with Gasteiger partial charge < -0.3 is 14.8 Å². The molecule has 0 bridgehead atoms. The highest BCUT2D eigenvalue weighted by Gasteiger charge is 2.22. The maximum Gasteiger partial charge on any atom is 0.488 e. The minimum atomic E-state index is -1.62.